The Balaban J connectivity index is 1.57. The molecule has 1 aliphatic carbocycles. The number of ether oxygens (including phenoxy) is 2. The molecule has 5 nitrogen and oxygen atoms in total. The first-order valence-electron chi connectivity index (χ1n) is 9.80. The van der Waals surface area contributed by atoms with Gasteiger partial charge in [-0.2, -0.15) is 0 Å². The molecular formula is C24H27NO4. The number of hydrogen-bond acceptors (Lipinski definition) is 4. The van der Waals surface area contributed by atoms with Crippen LogP contribution in [-0.4, -0.2) is 17.7 Å². The van der Waals surface area contributed by atoms with Crippen molar-refractivity contribution >= 4 is 17.7 Å². The number of anilines is 1. The standard InChI is InChI=1S/C24H27NO4/c1-24(2,3)29-22(26)14-18-9-10-20-15-21(12-11-19(20)13-18)25-23(27)28-16-17-7-5-4-6-8-17/h4-8,11-12,14-15H,9-10,13,16H2,1-3H3,(H,25,27)/b18-14-. The number of allylic oxidation sites excluding steroid dienone is 1. The number of nitrogens with one attached hydrogen (secondary N) is 1. The highest BCUT2D eigenvalue weighted by Crippen LogP contribution is 2.28. The molecule has 29 heavy (non-hydrogen) atoms. The number of carbonyl (C=O) groups excluding carboxylic acids is 2. The molecule has 152 valence electrons. The van der Waals surface area contributed by atoms with Crippen LogP contribution in [0.4, 0.5) is 10.5 Å². The predicted octanol–water partition coefficient (Wildman–Crippen LogP) is 5.19. The zero-order valence-corrected chi connectivity index (χ0v) is 17.2. The third-order valence-electron chi connectivity index (χ3n) is 4.53. The average Bonchev–Trinajstić information content (AvgIpc) is 2.66. The van der Waals surface area contributed by atoms with E-state index in [1.165, 1.54) is 5.56 Å². The lowest BCUT2D eigenvalue weighted by Gasteiger charge is -2.21. The summed E-state index contributed by atoms with van der Waals surface area (Å²) >= 11 is 0. The molecule has 0 heterocycles. The van der Waals surface area contributed by atoms with E-state index in [2.05, 4.69) is 5.32 Å². The number of hydrogen-bond donors (Lipinski definition) is 1. The van der Waals surface area contributed by atoms with Gasteiger partial charge in [-0.05, 0) is 68.9 Å². The van der Waals surface area contributed by atoms with Crippen molar-refractivity contribution < 1.29 is 19.1 Å². The molecule has 1 aliphatic rings. The van der Waals surface area contributed by atoms with E-state index in [0.717, 1.165) is 29.5 Å². The second-order valence-corrected chi connectivity index (χ2v) is 8.18. The van der Waals surface area contributed by atoms with Gasteiger partial charge in [-0.15, -0.1) is 0 Å². The number of amides is 1. The van der Waals surface area contributed by atoms with Crippen molar-refractivity contribution in [3.8, 4) is 0 Å². The third-order valence-corrected chi connectivity index (χ3v) is 4.53. The van der Waals surface area contributed by atoms with E-state index in [0.29, 0.717) is 12.1 Å². The molecule has 5 heteroatoms. The van der Waals surface area contributed by atoms with Gasteiger partial charge in [-0.1, -0.05) is 42.0 Å². The first-order chi connectivity index (χ1) is 13.8. The lowest BCUT2D eigenvalue weighted by molar-refractivity contribution is -0.148. The van der Waals surface area contributed by atoms with Crippen LogP contribution >= 0.6 is 0 Å². The number of esters is 1. The van der Waals surface area contributed by atoms with Gasteiger partial charge in [0.15, 0.2) is 0 Å². The second kappa shape index (κ2) is 8.95. The molecule has 3 rings (SSSR count). The fourth-order valence-electron chi connectivity index (χ4n) is 3.24. The molecule has 1 N–H and O–H groups in total. The Morgan fingerprint density at radius 1 is 1.03 bits per heavy atom. The fraction of sp³-hybridized carbons (Fsp3) is 0.333. The minimum absolute atomic E-state index is 0.233. The predicted molar refractivity (Wildman–Crippen MR) is 113 cm³/mol. The van der Waals surface area contributed by atoms with E-state index in [1.54, 1.807) is 6.08 Å². The molecule has 0 saturated carbocycles. The van der Waals surface area contributed by atoms with Gasteiger partial charge in [0, 0.05) is 11.8 Å². The van der Waals surface area contributed by atoms with E-state index in [4.69, 9.17) is 9.47 Å². The van der Waals surface area contributed by atoms with Crippen LogP contribution in [0.1, 0.15) is 43.9 Å². The van der Waals surface area contributed by atoms with Crippen molar-refractivity contribution in [1.29, 1.82) is 0 Å². The lowest BCUT2D eigenvalue weighted by Crippen LogP contribution is -2.23. The van der Waals surface area contributed by atoms with Crippen molar-refractivity contribution in [3.05, 3.63) is 76.9 Å². The molecule has 0 bridgehead atoms. The van der Waals surface area contributed by atoms with E-state index in [1.807, 2.05) is 69.3 Å². The molecule has 1 amide bonds. The Bertz CT molecular complexity index is 910. The van der Waals surface area contributed by atoms with Crippen LogP contribution in [0.3, 0.4) is 0 Å². The van der Waals surface area contributed by atoms with Crippen LogP contribution in [0.5, 0.6) is 0 Å². The fourth-order valence-corrected chi connectivity index (χ4v) is 3.24. The smallest absolute Gasteiger partial charge is 0.411 e. The number of carbonyl (C=O) groups is 2. The summed E-state index contributed by atoms with van der Waals surface area (Å²) in [6.07, 6.45) is 3.47. The summed E-state index contributed by atoms with van der Waals surface area (Å²) in [5, 5.41) is 2.78. The lowest BCUT2D eigenvalue weighted by atomic mass is 9.87. The highest BCUT2D eigenvalue weighted by atomic mass is 16.6. The molecule has 0 saturated heterocycles. The maximum absolute atomic E-state index is 12.0. The molecule has 2 aromatic rings. The Hall–Kier alpha value is -3.08. The van der Waals surface area contributed by atoms with Gasteiger partial charge in [-0.3, -0.25) is 5.32 Å². The van der Waals surface area contributed by atoms with Crippen molar-refractivity contribution in [1.82, 2.24) is 0 Å². The summed E-state index contributed by atoms with van der Waals surface area (Å²) in [6, 6.07) is 15.4. The Morgan fingerprint density at radius 2 is 1.79 bits per heavy atom. The highest BCUT2D eigenvalue weighted by Gasteiger charge is 2.18. The Kier molecular flexibility index (Phi) is 6.37. The van der Waals surface area contributed by atoms with Crippen molar-refractivity contribution in [2.45, 2.75) is 52.2 Å². The monoisotopic (exact) mass is 393 g/mol. The Labute approximate surface area is 171 Å². The van der Waals surface area contributed by atoms with Crippen LogP contribution in [0.15, 0.2) is 60.2 Å². The van der Waals surface area contributed by atoms with Crippen molar-refractivity contribution in [2.75, 3.05) is 5.32 Å². The number of aryl methyl sites for hydroxylation is 1. The minimum Gasteiger partial charge on any atom is -0.457 e. The van der Waals surface area contributed by atoms with E-state index < -0.39 is 11.7 Å². The highest BCUT2D eigenvalue weighted by molar-refractivity contribution is 5.85. The van der Waals surface area contributed by atoms with Crippen LogP contribution in [0.25, 0.3) is 0 Å². The molecule has 0 spiro atoms. The SMILES string of the molecule is CC(C)(C)OC(=O)/C=C1/CCc2cc(NC(=O)OCc3ccccc3)ccc2C1. The number of fused-ring (bicyclic) bond motifs is 1. The van der Waals surface area contributed by atoms with Crippen LogP contribution < -0.4 is 5.32 Å². The number of rotatable bonds is 4. The molecular weight excluding hydrogens is 366 g/mol. The summed E-state index contributed by atoms with van der Waals surface area (Å²) < 4.78 is 10.6. The van der Waals surface area contributed by atoms with Gasteiger partial charge in [0.25, 0.3) is 0 Å². The van der Waals surface area contributed by atoms with Gasteiger partial charge in [0.05, 0.1) is 0 Å². The number of benzene rings is 2. The summed E-state index contributed by atoms with van der Waals surface area (Å²) in [4.78, 5) is 24.1. The third kappa shape index (κ3) is 6.49. The van der Waals surface area contributed by atoms with Crippen LogP contribution in [0.2, 0.25) is 0 Å². The van der Waals surface area contributed by atoms with Gasteiger partial charge in [0.1, 0.15) is 12.2 Å². The largest absolute Gasteiger partial charge is 0.457 e. The topological polar surface area (TPSA) is 64.6 Å². The summed E-state index contributed by atoms with van der Waals surface area (Å²) in [6.45, 7) is 5.81. The van der Waals surface area contributed by atoms with E-state index in [-0.39, 0.29) is 12.6 Å². The molecule has 0 atom stereocenters. The first-order valence-corrected chi connectivity index (χ1v) is 9.80. The summed E-state index contributed by atoms with van der Waals surface area (Å²) in [5.74, 6) is -0.296. The van der Waals surface area contributed by atoms with Gasteiger partial charge in [0.2, 0.25) is 0 Å². The van der Waals surface area contributed by atoms with Gasteiger partial charge >= 0.3 is 12.1 Å². The molecule has 0 aliphatic heterocycles. The zero-order valence-electron chi connectivity index (χ0n) is 17.2. The van der Waals surface area contributed by atoms with Crippen LogP contribution in [0, 0.1) is 0 Å². The second-order valence-electron chi connectivity index (χ2n) is 8.18. The Morgan fingerprint density at radius 3 is 2.52 bits per heavy atom. The summed E-state index contributed by atoms with van der Waals surface area (Å²) in [5.41, 5.74) is 4.56. The van der Waals surface area contributed by atoms with Crippen LogP contribution in [-0.2, 0) is 33.7 Å². The van der Waals surface area contributed by atoms with Crippen molar-refractivity contribution in [3.63, 3.8) is 0 Å². The average molecular weight is 393 g/mol. The minimum atomic E-state index is -0.490. The molecule has 0 fully saturated rings. The molecule has 0 aromatic heterocycles. The molecule has 2 aromatic carbocycles. The first kappa shape index (κ1) is 20.6. The quantitative estimate of drug-likeness (QED) is 0.573. The van der Waals surface area contributed by atoms with Gasteiger partial charge < -0.3 is 9.47 Å². The van der Waals surface area contributed by atoms with E-state index in [9.17, 15) is 9.59 Å². The maximum atomic E-state index is 12.0. The normalized spacial score (nSPS) is 14.8. The maximum Gasteiger partial charge on any atom is 0.411 e. The molecule has 0 unspecified atom stereocenters. The van der Waals surface area contributed by atoms with Gasteiger partial charge in [-0.25, -0.2) is 9.59 Å². The summed E-state index contributed by atoms with van der Waals surface area (Å²) in [7, 11) is 0. The molecule has 0 radical (unpaired) electrons. The zero-order chi connectivity index (χ0) is 20.9. The van der Waals surface area contributed by atoms with Crippen molar-refractivity contribution in [2.24, 2.45) is 0 Å². The van der Waals surface area contributed by atoms with E-state index >= 15 is 0 Å².